The number of methoxy groups -OCH3 is 1. The summed E-state index contributed by atoms with van der Waals surface area (Å²) >= 11 is 0. The van der Waals surface area contributed by atoms with Crippen molar-refractivity contribution in [3.8, 4) is 5.75 Å². The molecule has 1 aromatic carbocycles. The highest BCUT2D eigenvalue weighted by atomic mass is 16.5. The molecule has 1 amide bonds. The minimum atomic E-state index is 0.133. The molecular weight excluding hydrogens is 252 g/mol. The number of hydrogen-bond donors (Lipinski definition) is 2. The quantitative estimate of drug-likeness (QED) is 0.830. The van der Waals surface area contributed by atoms with Gasteiger partial charge in [0.05, 0.1) is 13.0 Å². The smallest absolute Gasteiger partial charge is 0.225 e. The van der Waals surface area contributed by atoms with Gasteiger partial charge in [-0.25, -0.2) is 0 Å². The topological polar surface area (TPSA) is 50.4 Å². The molecule has 1 unspecified atom stereocenters. The zero-order valence-corrected chi connectivity index (χ0v) is 12.5. The van der Waals surface area contributed by atoms with Crippen LogP contribution in [0.3, 0.4) is 0 Å². The number of carbonyl (C=O) groups is 1. The molecule has 1 aromatic rings. The predicted octanol–water partition coefficient (Wildman–Crippen LogP) is 1.60. The summed E-state index contributed by atoms with van der Waals surface area (Å²) in [6.07, 6.45) is 0.799. The van der Waals surface area contributed by atoms with Crippen LogP contribution in [-0.4, -0.2) is 32.1 Å². The van der Waals surface area contributed by atoms with Gasteiger partial charge in [-0.3, -0.25) is 4.79 Å². The summed E-state index contributed by atoms with van der Waals surface area (Å²) in [6.45, 7) is 5.87. The van der Waals surface area contributed by atoms with E-state index in [4.69, 9.17) is 4.74 Å². The zero-order chi connectivity index (χ0) is 14.5. The monoisotopic (exact) mass is 276 g/mol. The van der Waals surface area contributed by atoms with Crippen LogP contribution < -0.4 is 15.4 Å². The molecule has 0 aromatic heterocycles. The fourth-order valence-electron chi connectivity index (χ4n) is 2.34. The summed E-state index contributed by atoms with van der Waals surface area (Å²) in [7, 11) is 1.68. The molecule has 0 radical (unpaired) electrons. The van der Waals surface area contributed by atoms with Gasteiger partial charge in [0.25, 0.3) is 0 Å². The van der Waals surface area contributed by atoms with Crippen LogP contribution in [0.15, 0.2) is 24.3 Å². The fourth-order valence-corrected chi connectivity index (χ4v) is 2.34. The largest absolute Gasteiger partial charge is 0.496 e. The van der Waals surface area contributed by atoms with Crippen LogP contribution in [0.4, 0.5) is 0 Å². The Kier molecular flexibility index (Phi) is 5.01. The van der Waals surface area contributed by atoms with Gasteiger partial charge >= 0.3 is 0 Å². The average molecular weight is 276 g/mol. The summed E-state index contributed by atoms with van der Waals surface area (Å²) in [4.78, 5) is 12.1. The summed E-state index contributed by atoms with van der Waals surface area (Å²) in [5.74, 6) is 1.57. The number of nitrogens with one attached hydrogen (secondary N) is 2. The molecule has 1 aliphatic heterocycles. The molecule has 1 heterocycles. The number of carbonyl (C=O) groups excluding carboxylic acids is 1. The number of amides is 1. The van der Waals surface area contributed by atoms with Gasteiger partial charge in [-0.15, -0.1) is 0 Å². The minimum absolute atomic E-state index is 0.133. The summed E-state index contributed by atoms with van der Waals surface area (Å²) in [6, 6.07) is 8.13. The molecule has 110 valence electrons. The van der Waals surface area contributed by atoms with Gasteiger partial charge in [0, 0.05) is 19.1 Å². The first kappa shape index (κ1) is 14.9. The second-order valence-corrected chi connectivity index (χ2v) is 5.73. The Balaban J connectivity index is 2.03. The third kappa shape index (κ3) is 3.51. The SMILES string of the molecule is COc1ccccc1CC(NC(=O)C1CNC1)C(C)C. The molecular formula is C16H24N2O2. The average Bonchev–Trinajstić information content (AvgIpc) is 2.36. The van der Waals surface area contributed by atoms with Gasteiger partial charge in [0.15, 0.2) is 0 Å². The molecule has 4 nitrogen and oxygen atoms in total. The van der Waals surface area contributed by atoms with E-state index >= 15 is 0 Å². The predicted molar refractivity (Wildman–Crippen MR) is 79.8 cm³/mol. The van der Waals surface area contributed by atoms with Crippen LogP contribution in [0.1, 0.15) is 19.4 Å². The number of benzene rings is 1. The van der Waals surface area contributed by atoms with Crippen LogP contribution in [0.25, 0.3) is 0 Å². The van der Waals surface area contributed by atoms with E-state index in [2.05, 4.69) is 30.5 Å². The van der Waals surface area contributed by atoms with Crippen molar-refractivity contribution in [3.63, 3.8) is 0 Å². The van der Waals surface area contributed by atoms with E-state index in [1.807, 2.05) is 18.2 Å². The van der Waals surface area contributed by atoms with Gasteiger partial charge in [0.2, 0.25) is 5.91 Å². The van der Waals surface area contributed by atoms with E-state index in [1.54, 1.807) is 7.11 Å². The van der Waals surface area contributed by atoms with E-state index in [9.17, 15) is 4.79 Å². The Morgan fingerprint density at radius 3 is 2.65 bits per heavy atom. The number of rotatable bonds is 6. The van der Waals surface area contributed by atoms with Gasteiger partial charge < -0.3 is 15.4 Å². The van der Waals surface area contributed by atoms with Crippen molar-refractivity contribution < 1.29 is 9.53 Å². The van der Waals surface area contributed by atoms with E-state index in [0.717, 1.165) is 30.8 Å². The highest BCUT2D eigenvalue weighted by Crippen LogP contribution is 2.21. The Hall–Kier alpha value is -1.55. The number of hydrogen-bond acceptors (Lipinski definition) is 3. The second kappa shape index (κ2) is 6.75. The molecule has 1 atom stereocenters. The fraction of sp³-hybridized carbons (Fsp3) is 0.562. The lowest BCUT2D eigenvalue weighted by atomic mass is 9.94. The van der Waals surface area contributed by atoms with Crippen molar-refractivity contribution in [2.45, 2.75) is 26.3 Å². The first-order chi connectivity index (χ1) is 9.61. The maximum absolute atomic E-state index is 12.1. The first-order valence-corrected chi connectivity index (χ1v) is 7.24. The lowest BCUT2D eigenvalue weighted by Crippen LogP contribution is -2.53. The van der Waals surface area contributed by atoms with Crippen molar-refractivity contribution in [1.29, 1.82) is 0 Å². The number of ether oxygens (including phenoxy) is 1. The van der Waals surface area contributed by atoms with Crippen LogP contribution >= 0.6 is 0 Å². The zero-order valence-electron chi connectivity index (χ0n) is 12.5. The maximum atomic E-state index is 12.1. The Morgan fingerprint density at radius 2 is 2.10 bits per heavy atom. The van der Waals surface area contributed by atoms with E-state index < -0.39 is 0 Å². The summed E-state index contributed by atoms with van der Waals surface area (Å²) in [5.41, 5.74) is 1.14. The maximum Gasteiger partial charge on any atom is 0.225 e. The minimum Gasteiger partial charge on any atom is -0.496 e. The Labute approximate surface area is 120 Å². The molecule has 0 aliphatic carbocycles. The van der Waals surface area contributed by atoms with Gasteiger partial charge in [-0.1, -0.05) is 32.0 Å². The van der Waals surface area contributed by atoms with Crippen molar-refractivity contribution in [2.75, 3.05) is 20.2 Å². The van der Waals surface area contributed by atoms with Crippen LogP contribution in [-0.2, 0) is 11.2 Å². The molecule has 2 rings (SSSR count). The molecule has 1 fully saturated rings. The molecule has 0 spiro atoms. The highest BCUT2D eigenvalue weighted by molar-refractivity contribution is 5.80. The first-order valence-electron chi connectivity index (χ1n) is 7.24. The van der Waals surface area contributed by atoms with Crippen molar-refractivity contribution in [1.82, 2.24) is 10.6 Å². The van der Waals surface area contributed by atoms with E-state index in [-0.39, 0.29) is 17.9 Å². The normalized spacial score (nSPS) is 16.6. The standard InChI is InChI=1S/C16H24N2O2/c1-11(2)14(18-16(19)13-9-17-10-13)8-12-6-4-5-7-15(12)20-3/h4-7,11,13-14,17H,8-10H2,1-3H3,(H,18,19). The van der Waals surface area contributed by atoms with E-state index in [1.165, 1.54) is 0 Å². The third-order valence-electron chi connectivity index (χ3n) is 3.92. The van der Waals surface area contributed by atoms with Crippen molar-refractivity contribution >= 4 is 5.91 Å². The lowest BCUT2D eigenvalue weighted by Gasteiger charge is -2.30. The molecule has 4 heteroatoms. The van der Waals surface area contributed by atoms with Gasteiger partial charge in [-0.05, 0) is 24.0 Å². The second-order valence-electron chi connectivity index (χ2n) is 5.73. The number of para-hydroxylation sites is 1. The van der Waals surface area contributed by atoms with E-state index in [0.29, 0.717) is 5.92 Å². The molecule has 2 N–H and O–H groups in total. The Morgan fingerprint density at radius 1 is 1.40 bits per heavy atom. The molecule has 1 aliphatic rings. The molecule has 0 saturated carbocycles. The molecule has 20 heavy (non-hydrogen) atoms. The van der Waals surface area contributed by atoms with Crippen LogP contribution in [0.5, 0.6) is 5.75 Å². The molecule has 0 bridgehead atoms. The van der Waals surface area contributed by atoms with Crippen molar-refractivity contribution in [2.24, 2.45) is 11.8 Å². The van der Waals surface area contributed by atoms with Crippen LogP contribution in [0, 0.1) is 11.8 Å². The third-order valence-corrected chi connectivity index (χ3v) is 3.92. The summed E-state index contributed by atoms with van der Waals surface area (Å²) < 4.78 is 5.39. The molecule has 1 saturated heterocycles. The Bertz CT molecular complexity index is 456. The summed E-state index contributed by atoms with van der Waals surface area (Å²) in [5, 5.41) is 6.32. The van der Waals surface area contributed by atoms with Crippen LogP contribution in [0.2, 0.25) is 0 Å². The lowest BCUT2D eigenvalue weighted by molar-refractivity contribution is -0.127. The van der Waals surface area contributed by atoms with Crippen molar-refractivity contribution in [3.05, 3.63) is 29.8 Å². The van der Waals surface area contributed by atoms with Gasteiger partial charge in [0.1, 0.15) is 5.75 Å². The highest BCUT2D eigenvalue weighted by Gasteiger charge is 2.27. The van der Waals surface area contributed by atoms with Gasteiger partial charge in [-0.2, -0.15) is 0 Å².